The van der Waals surface area contributed by atoms with E-state index in [4.69, 9.17) is 6.42 Å². The highest BCUT2D eigenvalue weighted by atomic mass is 16.2. The molecule has 0 spiro atoms. The van der Waals surface area contributed by atoms with Gasteiger partial charge in [-0.2, -0.15) is 0 Å². The van der Waals surface area contributed by atoms with Gasteiger partial charge in [-0.3, -0.25) is 24.0 Å². The second-order valence-electron chi connectivity index (χ2n) is 16.1. The first-order chi connectivity index (χ1) is 22.7. The van der Waals surface area contributed by atoms with E-state index in [1.807, 2.05) is 41.5 Å². The topological polar surface area (TPSA) is 157 Å². The molecular weight excluding hydrogens is 624 g/mol. The average Bonchev–Trinajstić information content (AvgIpc) is 3.73. The Kier molecular flexibility index (Phi) is 14.5. The minimum atomic E-state index is -1.11. The molecule has 49 heavy (non-hydrogen) atoms. The van der Waals surface area contributed by atoms with E-state index in [0.717, 1.165) is 12.8 Å². The van der Waals surface area contributed by atoms with Crippen molar-refractivity contribution in [3.8, 4) is 12.3 Å². The molecule has 2 unspecified atom stereocenters. The molecule has 2 fully saturated rings. The molecule has 4 N–H and O–H groups in total. The Morgan fingerprint density at radius 3 is 2.02 bits per heavy atom. The SMILES string of the molecule is C#CC1CN(C(=O)[C@@H](NC(=O)N[C@H](C(=O)N(C)CC2CC2)C(C)(C)C)C(C)(C)C)[C@H](C(=O)NC(CCC)C(=O)C(=O)NCC=C)[C@H]1C(C)C. The van der Waals surface area contributed by atoms with Crippen LogP contribution in [0.25, 0.3) is 0 Å². The summed E-state index contributed by atoms with van der Waals surface area (Å²) in [7, 11) is 1.73. The fourth-order valence-corrected chi connectivity index (χ4v) is 6.40. The van der Waals surface area contributed by atoms with Crippen LogP contribution in [0.5, 0.6) is 0 Å². The van der Waals surface area contributed by atoms with Crippen molar-refractivity contribution >= 4 is 35.4 Å². The quantitative estimate of drug-likeness (QED) is 0.118. The van der Waals surface area contributed by atoms with Crippen LogP contribution in [0.1, 0.15) is 88.0 Å². The molecule has 1 aliphatic carbocycles. The van der Waals surface area contributed by atoms with Gasteiger partial charge in [0.2, 0.25) is 23.5 Å². The number of hydrogen-bond acceptors (Lipinski definition) is 6. The van der Waals surface area contributed by atoms with E-state index in [-0.39, 0.29) is 31.3 Å². The van der Waals surface area contributed by atoms with E-state index in [1.165, 1.54) is 11.0 Å². The van der Waals surface area contributed by atoms with Crippen molar-refractivity contribution in [3.63, 3.8) is 0 Å². The summed E-state index contributed by atoms with van der Waals surface area (Å²) in [6.45, 7) is 21.0. The zero-order valence-corrected chi connectivity index (χ0v) is 31.3. The highest BCUT2D eigenvalue weighted by molar-refractivity contribution is 6.38. The van der Waals surface area contributed by atoms with Crippen LogP contribution in [0.4, 0.5) is 4.79 Å². The first kappa shape index (κ1) is 41.3. The van der Waals surface area contributed by atoms with Crippen molar-refractivity contribution < 1.29 is 28.8 Å². The van der Waals surface area contributed by atoms with E-state index >= 15 is 0 Å². The van der Waals surface area contributed by atoms with Crippen LogP contribution < -0.4 is 21.3 Å². The van der Waals surface area contributed by atoms with E-state index in [1.54, 1.807) is 32.7 Å². The second kappa shape index (κ2) is 17.2. The van der Waals surface area contributed by atoms with Crippen molar-refractivity contribution in [1.82, 2.24) is 31.1 Å². The van der Waals surface area contributed by atoms with Gasteiger partial charge in [-0.1, -0.05) is 74.8 Å². The zero-order valence-electron chi connectivity index (χ0n) is 31.3. The third-order valence-electron chi connectivity index (χ3n) is 9.32. The molecule has 2 rings (SSSR count). The molecule has 1 saturated heterocycles. The van der Waals surface area contributed by atoms with Crippen molar-refractivity contribution in [2.24, 2.45) is 34.5 Å². The van der Waals surface area contributed by atoms with Gasteiger partial charge in [0.05, 0.1) is 6.04 Å². The van der Waals surface area contributed by atoms with Crippen LogP contribution in [0.15, 0.2) is 12.7 Å². The molecule has 0 bridgehead atoms. The molecule has 0 radical (unpaired) electrons. The number of nitrogens with zero attached hydrogens (tertiary/aromatic N) is 2. The van der Waals surface area contributed by atoms with Crippen LogP contribution in [0.2, 0.25) is 0 Å². The van der Waals surface area contributed by atoms with Gasteiger partial charge in [-0.25, -0.2) is 4.79 Å². The normalized spacial score (nSPS) is 21.1. The number of terminal acetylenes is 1. The van der Waals surface area contributed by atoms with E-state index in [2.05, 4.69) is 33.8 Å². The lowest BCUT2D eigenvalue weighted by molar-refractivity contribution is -0.144. The molecule has 12 nitrogen and oxygen atoms in total. The number of likely N-dealkylation sites (tertiary alicyclic amines) is 1. The summed E-state index contributed by atoms with van der Waals surface area (Å²) in [5.41, 5.74) is -1.43. The number of ketones is 1. The lowest BCUT2D eigenvalue weighted by atomic mass is 9.81. The Morgan fingerprint density at radius 2 is 1.55 bits per heavy atom. The van der Waals surface area contributed by atoms with Crippen molar-refractivity contribution in [2.75, 3.05) is 26.7 Å². The van der Waals surface area contributed by atoms with Gasteiger partial charge < -0.3 is 31.1 Å². The summed E-state index contributed by atoms with van der Waals surface area (Å²) in [6, 6.07) is -4.82. The molecule has 274 valence electrons. The Hall–Kier alpha value is -3.88. The number of Topliss-reactive ketones (excluding diaryl/α,β-unsaturated/α-hetero) is 1. The molecular formula is C37H60N6O6. The van der Waals surface area contributed by atoms with Crippen LogP contribution in [0, 0.1) is 46.8 Å². The molecule has 0 aromatic rings. The highest BCUT2D eigenvalue weighted by Gasteiger charge is 2.51. The van der Waals surface area contributed by atoms with Crippen LogP contribution in [0.3, 0.4) is 0 Å². The molecule has 0 aromatic carbocycles. The van der Waals surface area contributed by atoms with E-state index in [0.29, 0.717) is 18.9 Å². The van der Waals surface area contributed by atoms with Gasteiger partial charge in [0.25, 0.3) is 5.91 Å². The summed E-state index contributed by atoms with van der Waals surface area (Å²) in [4.78, 5) is 84.3. The van der Waals surface area contributed by atoms with Gasteiger partial charge >= 0.3 is 6.03 Å². The monoisotopic (exact) mass is 684 g/mol. The molecule has 0 aromatic heterocycles. The standard InChI is InChI=1S/C37H60N6O6/c1-13-16-25(28(44)32(46)38-19-14-2)39-31(45)27-26(22(4)5)24(15-3)21-43(27)34(48)30(37(9,10)11)41-35(49)40-29(36(6,7)8)33(47)42(12)20-23-17-18-23/h3,14,22-27,29-30H,2,13,16-21H2,1,4-12H3,(H,38,46)(H,39,45)(H2,40,41,49)/t24?,25?,26-,27-,29+,30+/m0/s1. The van der Waals surface area contributed by atoms with Crippen LogP contribution >= 0.6 is 0 Å². The number of carbonyl (C=O) groups excluding carboxylic acids is 6. The number of urea groups is 1. The van der Waals surface area contributed by atoms with E-state index in [9.17, 15) is 28.8 Å². The fraction of sp³-hybridized carbons (Fsp3) is 0.730. The average molecular weight is 685 g/mol. The fourth-order valence-electron chi connectivity index (χ4n) is 6.40. The Bertz CT molecular complexity index is 1290. The molecule has 1 heterocycles. The third kappa shape index (κ3) is 11.1. The molecule has 6 amide bonds. The summed E-state index contributed by atoms with van der Waals surface area (Å²) in [5, 5.41) is 10.9. The number of nitrogens with one attached hydrogen (secondary N) is 4. The zero-order chi connectivity index (χ0) is 37.4. The predicted molar refractivity (Wildman–Crippen MR) is 190 cm³/mol. The number of likely N-dealkylation sites (N-methyl/N-ethyl adjacent to an activating group) is 1. The molecule has 6 atom stereocenters. The van der Waals surface area contributed by atoms with Crippen LogP contribution in [-0.2, 0) is 24.0 Å². The number of rotatable bonds is 15. The maximum Gasteiger partial charge on any atom is 0.316 e. The Morgan fingerprint density at radius 1 is 0.980 bits per heavy atom. The largest absolute Gasteiger partial charge is 0.346 e. The smallest absolute Gasteiger partial charge is 0.316 e. The van der Waals surface area contributed by atoms with Gasteiger partial charge in [0.15, 0.2) is 0 Å². The summed E-state index contributed by atoms with van der Waals surface area (Å²) < 4.78 is 0. The lowest BCUT2D eigenvalue weighted by Crippen LogP contribution is -2.63. The summed E-state index contributed by atoms with van der Waals surface area (Å²) in [6.07, 6.45) is 10.3. The molecule has 1 aliphatic heterocycles. The number of carbonyl (C=O) groups is 6. The maximum atomic E-state index is 14.5. The molecule has 2 aliphatic rings. The summed E-state index contributed by atoms with van der Waals surface area (Å²) in [5.74, 6) is -0.785. The Labute approximate surface area is 293 Å². The minimum absolute atomic E-state index is 0.0629. The van der Waals surface area contributed by atoms with E-state index < -0.39 is 76.4 Å². The van der Waals surface area contributed by atoms with Gasteiger partial charge in [-0.05, 0) is 41.9 Å². The lowest BCUT2D eigenvalue weighted by Gasteiger charge is -2.38. The number of hydrogen-bond donors (Lipinski definition) is 4. The Balaban J connectivity index is 2.41. The predicted octanol–water partition coefficient (Wildman–Crippen LogP) is 2.87. The van der Waals surface area contributed by atoms with Crippen LogP contribution in [-0.4, -0.2) is 96.1 Å². The van der Waals surface area contributed by atoms with Gasteiger partial charge in [-0.15, -0.1) is 18.9 Å². The second-order valence-corrected chi connectivity index (χ2v) is 16.1. The third-order valence-corrected chi connectivity index (χ3v) is 9.32. The van der Waals surface area contributed by atoms with Crippen molar-refractivity contribution in [2.45, 2.75) is 112 Å². The molecule has 12 heteroatoms. The molecule has 1 saturated carbocycles. The summed E-state index contributed by atoms with van der Waals surface area (Å²) >= 11 is 0. The van der Waals surface area contributed by atoms with Crippen molar-refractivity contribution in [3.05, 3.63) is 12.7 Å². The minimum Gasteiger partial charge on any atom is -0.346 e. The first-order valence-electron chi connectivity index (χ1n) is 17.5. The number of amides is 6. The van der Waals surface area contributed by atoms with Gasteiger partial charge in [0.1, 0.15) is 18.1 Å². The maximum absolute atomic E-state index is 14.5. The highest BCUT2D eigenvalue weighted by Crippen LogP contribution is 2.37. The van der Waals surface area contributed by atoms with Gasteiger partial charge in [0, 0.05) is 38.5 Å². The first-order valence-corrected chi connectivity index (χ1v) is 17.5. The van der Waals surface area contributed by atoms with Crippen molar-refractivity contribution in [1.29, 1.82) is 0 Å².